The fraction of sp³-hybridized carbons (Fsp3) is 0.227. The Hall–Kier alpha value is -3.61. The highest BCUT2D eigenvalue weighted by atomic mass is 16.7. The first kappa shape index (κ1) is 17.5. The van der Waals surface area contributed by atoms with Crippen molar-refractivity contribution in [3.8, 4) is 28.5 Å². The number of nitrogens with one attached hydrogen (secondary N) is 1. The molecule has 2 aliphatic rings. The standard InChI is InChI=1S/C22H19N3O4.H2/c1-27-17-5-3-2-4-15(17)16-11-24-20(12-23-16)25-21(26)22(8-9-22)14-6-7-18-19(10-14)29-13-28-18;/h2-7,10-12H,8-9,13H2,1H3,(H,24,25,26);1H. The molecule has 7 heteroatoms. The van der Waals surface area contributed by atoms with Crippen LogP contribution in [-0.2, 0) is 10.2 Å². The smallest absolute Gasteiger partial charge is 0.236 e. The summed E-state index contributed by atoms with van der Waals surface area (Å²) in [6.07, 6.45) is 4.76. The van der Waals surface area contributed by atoms with Gasteiger partial charge in [-0.2, -0.15) is 0 Å². The normalized spacial score (nSPS) is 15.6. The molecule has 1 amide bonds. The van der Waals surface area contributed by atoms with Crippen LogP contribution in [0.4, 0.5) is 5.82 Å². The first-order valence-corrected chi connectivity index (χ1v) is 9.37. The van der Waals surface area contributed by atoms with Crippen molar-refractivity contribution in [2.75, 3.05) is 19.2 Å². The van der Waals surface area contributed by atoms with Crippen molar-refractivity contribution < 1.29 is 20.4 Å². The van der Waals surface area contributed by atoms with E-state index in [1.165, 1.54) is 0 Å². The second-order valence-corrected chi connectivity index (χ2v) is 7.09. The summed E-state index contributed by atoms with van der Waals surface area (Å²) in [5.74, 6) is 2.44. The van der Waals surface area contributed by atoms with E-state index >= 15 is 0 Å². The number of nitrogens with zero attached hydrogens (tertiary/aromatic N) is 2. The van der Waals surface area contributed by atoms with Gasteiger partial charge in [0.05, 0.1) is 30.6 Å². The molecule has 0 unspecified atom stereocenters. The van der Waals surface area contributed by atoms with E-state index in [2.05, 4.69) is 15.3 Å². The number of aromatic nitrogens is 2. The minimum atomic E-state index is -0.552. The zero-order chi connectivity index (χ0) is 19.8. The lowest BCUT2D eigenvalue weighted by Crippen LogP contribution is -2.28. The average molecular weight is 391 g/mol. The average Bonchev–Trinajstić information content (AvgIpc) is 3.45. The van der Waals surface area contributed by atoms with Crippen LogP contribution in [0, 0.1) is 0 Å². The van der Waals surface area contributed by atoms with Crippen molar-refractivity contribution >= 4 is 11.7 Å². The number of ether oxygens (including phenoxy) is 3. The van der Waals surface area contributed by atoms with Crippen molar-refractivity contribution in [2.24, 2.45) is 0 Å². The third kappa shape index (κ3) is 3.04. The molecule has 2 heterocycles. The van der Waals surface area contributed by atoms with E-state index in [0.717, 1.165) is 29.7 Å². The van der Waals surface area contributed by atoms with E-state index in [0.29, 0.717) is 23.0 Å². The van der Waals surface area contributed by atoms with Crippen molar-refractivity contribution in [3.63, 3.8) is 0 Å². The number of carbonyl (C=O) groups excluding carboxylic acids is 1. The first-order chi connectivity index (χ1) is 14.2. The van der Waals surface area contributed by atoms with Gasteiger partial charge in [0, 0.05) is 6.99 Å². The summed E-state index contributed by atoms with van der Waals surface area (Å²) in [6, 6.07) is 13.3. The maximum Gasteiger partial charge on any atom is 0.236 e. The Balaban J connectivity index is 0.00000218. The summed E-state index contributed by atoms with van der Waals surface area (Å²) in [7, 11) is 1.62. The van der Waals surface area contributed by atoms with Crippen LogP contribution in [0.5, 0.6) is 17.2 Å². The molecule has 2 aromatic carbocycles. The molecule has 0 atom stereocenters. The molecule has 0 saturated heterocycles. The maximum atomic E-state index is 13.0. The predicted octanol–water partition coefficient (Wildman–Crippen LogP) is 3.80. The number of fused-ring (bicyclic) bond motifs is 1. The first-order valence-electron chi connectivity index (χ1n) is 9.37. The van der Waals surface area contributed by atoms with E-state index < -0.39 is 5.41 Å². The van der Waals surface area contributed by atoms with Crippen molar-refractivity contribution in [2.45, 2.75) is 18.3 Å². The zero-order valence-electron chi connectivity index (χ0n) is 15.8. The molecule has 7 nitrogen and oxygen atoms in total. The number of hydrogen-bond donors (Lipinski definition) is 1. The quantitative estimate of drug-likeness (QED) is 0.712. The number of methoxy groups -OCH3 is 1. The van der Waals surface area contributed by atoms with Gasteiger partial charge in [0.25, 0.3) is 0 Å². The summed E-state index contributed by atoms with van der Waals surface area (Å²) >= 11 is 0. The van der Waals surface area contributed by atoms with Gasteiger partial charge in [0.15, 0.2) is 17.3 Å². The van der Waals surface area contributed by atoms with Gasteiger partial charge in [-0.05, 0) is 42.7 Å². The van der Waals surface area contributed by atoms with Gasteiger partial charge in [-0.25, -0.2) is 4.98 Å². The van der Waals surface area contributed by atoms with Crippen molar-refractivity contribution in [3.05, 3.63) is 60.4 Å². The highest BCUT2D eigenvalue weighted by Gasteiger charge is 2.51. The lowest BCUT2D eigenvalue weighted by molar-refractivity contribution is -0.118. The summed E-state index contributed by atoms with van der Waals surface area (Å²) < 4.78 is 16.2. The topological polar surface area (TPSA) is 82.6 Å². The van der Waals surface area contributed by atoms with Crippen molar-refractivity contribution in [1.82, 2.24) is 9.97 Å². The van der Waals surface area contributed by atoms with Gasteiger partial charge >= 0.3 is 0 Å². The number of para-hydroxylation sites is 1. The van der Waals surface area contributed by atoms with Gasteiger partial charge < -0.3 is 19.5 Å². The fourth-order valence-corrected chi connectivity index (χ4v) is 3.59. The van der Waals surface area contributed by atoms with Crippen LogP contribution in [0.3, 0.4) is 0 Å². The lowest BCUT2D eigenvalue weighted by Gasteiger charge is -2.16. The predicted molar refractivity (Wildman–Crippen MR) is 108 cm³/mol. The molecule has 5 rings (SSSR count). The molecule has 1 N–H and O–H groups in total. The Morgan fingerprint density at radius 1 is 1.10 bits per heavy atom. The van der Waals surface area contributed by atoms with Crippen LogP contribution in [-0.4, -0.2) is 29.8 Å². The number of carbonyl (C=O) groups is 1. The van der Waals surface area contributed by atoms with E-state index in [9.17, 15) is 4.79 Å². The van der Waals surface area contributed by atoms with Gasteiger partial charge in [0.1, 0.15) is 5.75 Å². The monoisotopic (exact) mass is 391 g/mol. The molecule has 0 radical (unpaired) electrons. The number of anilines is 1. The third-order valence-corrected chi connectivity index (χ3v) is 5.39. The summed E-state index contributed by atoms with van der Waals surface area (Å²) in [5, 5.41) is 2.90. The molecular formula is C22H21N3O4. The van der Waals surface area contributed by atoms with E-state index in [1.807, 2.05) is 42.5 Å². The number of hydrogen-bond acceptors (Lipinski definition) is 6. The molecule has 3 aromatic rings. The molecule has 1 aromatic heterocycles. The molecular weight excluding hydrogens is 370 g/mol. The van der Waals surface area contributed by atoms with Crippen LogP contribution in [0.15, 0.2) is 54.9 Å². The largest absolute Gasteiger partial charge is 0.496 e. The number of amides is 1. The highest BCUT2D eigenvalue weighted by molar-refractivity contribution is 6.01. The highest BCUT2D eigenvalue weighted by Crippen LogP contribution is 2.51. The van der Waals surface area contributed by atoms with Gasteiger partial charge in [0.2, 0.25) is 12.7 Å². The molecule has 148 valence electrons. The molecule has 1 aliphatic heterocycles. The van der Waals surface area contributed by atoms with Gasteiger partial charge in [-0.1, -0.05) is 18.2 Å². The Kier molecular flexibility index (Phi) is 4.08. The summed E-state index contributed by atoms with van der Waals surface area (Å²) in [4.78, 5) is 21.8. The Morgan fingerprint density at radius 2 is 1.93 bits per heavy atom. The second-order valence-electron chi connectivity index (χ2n) is 7.09. The van der Waals surface area contributed by atoms with E-state index in [1.54, 1.807) is 19.5 Å². The molecule has 1 fully saturated rings. The molecule has 0 spiro atoms. The molecule has 1 aliphatic carbocycles. The SMILES string of the molecule is COc1ccccc1-c1cnc(NC(=O)C2(c3ccc4c(c3)OCO4)CC2)cn1.[HH]. The minimum Gasteiger partial charge on any atom is -0.496 e. The Morgan fingerprint density at radius 3 is 2.69 bits per heavy atom. The van der Waals surface area contributed by atoms with Crippen LogP contribution in [0.1, 0.15) is 19.8 Å². The van der Waals surface area contributed by atoms with Crippen LogP contribution < -0.4 is 19.5 Å². The lowest BCUT2D eigenvalue weighted by atomic mass is 9.94. The molecule has 1 saturated carbocycles. The van der Waals surface area contributed by atoms with Crippen LogP contribution in [0.2, 0.25) is 0 Å². The Bertz CT molecular complexity index is 1080. The van der Waals surface area contributed by atoms with Gasteiger partial charge in [-0.3, -0.25) is 9.78 Å². The number of benzene rings is 2. The third-order valence-electron chi connectivity index (χ3n) is 5.39. The van der Waals surface area contributed by atoms with Crippen molar-refractivity contribution in [1.29, 1.82) is 0 Å². The van der Waals surface area contributed by atoms with Crippen LogP contribution >= 0.6 is 0 Å². The second kappa shape index (κ2) is 6.77. The molecule has 0 bridgehead atoms. The van der Waals surface area contributed by atoms with E-state index in [-0.39, 0.29) is 14.1 Å². The fourth-order valence-electron chi connectivity index (χ4n) is 3.59. The number of rotatable bonds is 5. The Labute approximate surface area is 169 Å². The summed E-state index contributed by atoms with van der Waals surface area (Å²) in [6.45, 7) is 0.214. The van der Waals surface area contributed by atoms with Gasteiger partial charge in [-0.15, -0.1) is 0 Å². The minimum absolute atomic E-state index is 0. The zero-order valence-corrected chi connectivity index (χ0v) is 15.8. The molecule has 29 heavy (non-hydrogen) atoms. The summed E-state index contributed by atoms with van der Waals surface area (Å²) in [5.41, 5.74) is 1.90. The van der Waals surface area contributed by atoms with Crippen LogP contribution in [0.25, 0.3) is 11.3 Å². The van der Waals surface area contributed by atoms with E-state index in [4.69, 9.17) is 14.2 Å². The maximum absolute atomic E-state index is 13.0.